The van der Waals surface area contributed by atoms with Crippen molar-refractivity contribution >= 4 is 11.9 Å². The van der Waals surface area contributed by atoms with Gasteiger partial charge in [-0.05, 0) is 18.8 Å². The number of aromatic nitrogens is 2. The standard InChI is InChI=1S/C13H14F3N3O3/c14-13(15,16)10(7-3-1-2-4-7)19-11(20)8-5-18-9(6-17-8)12(21)22/h5-7,10H,1-4H2,(H,19,20)(H,21,22). The average molecular weight is 317 g/mol. The zero-order chi connectivity index (χ0) is 16.3. The number of nitrogens with one attached hydrogen (secondary N) is 1. The van der Waals surface area contributed by atoms with Gasteiger partial charge in [0.1, 0.15) is 11.7 Å². The third-order valence-electron chi connectivity index (χ3n) is 3.61. The van der Waals surface area contributed by atoms with Gasteiger partial charge in [0.25, 0.3) is 5.91 Å². The van der Waals surface area contributed by atoms with Crippen LogP contribution >= 0.6 is 0 Å². The number of aromatic carboxylic acids is 1. The highest BCUT2D eigenvalue weighted by Crippen LogP contribution is 2.35. The monoisotopic (exact) mass is 317 g/mol. The normalized spacial score (nSPS) is 17.2. The summed E-state index contributed by atoms with van der Waals surface area (Å²) >= 11 is 0. The van der Waals surface area contributed by atoms with Crippen molar-refractivity contribution in [2.24, 2.45) is 5.92 Å². The molecule has 2 N–H and O–H groups in total. The first-order chi connectivity index (χ1) is 10.3. The molecule has 22 heavy (non-hydrogen) atoms. The molecule has 0 bridgehead atoms. The van der Waals surface area contributed by atoms with E-state index in [1.54, 1.807) is 0 Å². The number of carboxylic acids is 1. The number of hydrogen-bond acceptors (Lipinski definition) is 4. The predicted molar refractivity (Wildman–Crippen MR) is 68.3 cm³/mol. The summed E-state index contributed by atoms with van der Waals surface area (Å²) in [7, 11) is 0. The molecule has 1 saturated carbocycles. The van der Waals surface area contributed by atoms with Crippen LogP contribution in [-0.2, 0) is 0 Å². The van der Waals surface area contributed by atoms with Crippen LogP contribution in [0, 0.1) is 5.92 Å². The van der Waals surface area contributed by atoms with E-state index in [0.717, 1.165) is 12.4 Å². The summed E-state index contributed by atoms with van der Waals surface area (Å²) in [6, 6.07) is -1.93. The molecule has 0 spiro atoms. The molecule has 1 unspecified atom stereocenters. The number of halogens is 3. The SMILES string of the molecule is O=C(O)c1cnc(C(=O)NC(C2CCCC2)C(F)(F)F)cn1. The third kappa shape index (κ3) is 3.71. The van der Waals surface area contributed by atoms with Gasteiger partial charge in [-0.3, -0.25) is 4.79 Å². The van der Waals surface area contributed by atoms with E-state index in [1.807, 2.05) is 5.32 Å². The van der Waals surface area contributed by atoms with Crippen LogP contribution in [0.2, 0.25) is 0 Å². The molecule has 6 nitrogen and oxygen atoms in total. The van der Waals surface area contributed by atoms with Crippen LogP contribution in [0.15, 0.2) is 12.4 Å². The van der Waals surface area contributed by atoms with Crippen molar-refractivity contribution < 1.29 is 27.9 Å². The zero-order valence-electron chi connectivity index (χ0n) is 11.4. The first-order valence-corrected chi connectivity index (χ1v) is 6.72. The van der Waals surface area contributed by atoms with Crippen LogP contribution in [-0.4, -0.2) is 39.2 Å². The Morgan fingerprint density at radius 1 is 1.18 bits per heavy atom. The fourth-order valence-electron chi connectivity index (χ4n) is 2.53. The van der Waals surface area contributed by atoms with E-state index in [4.69, 9.17) is 5.11 Å². The molecular formula is C13H14F3N3O3. The highest BCUT2D eigenvalue weighted by atomic mass is 19.4. The molecular weight excluding hydrogens is 303 g/mol. The van der Waals surface area contributed by atoms with Gasteiger partial charge in [-0.25, -0.2) is 14.8 Å². The lowest BCUT2D eigenvalue weighted by Crippen LogP contribution is -2.49. The van der Waals surface area contributed by atoms with Crippen LogP contribution in [0.5, 0.6) is 0 Å². The van der Waals surface area contributed by atoms with E-state index in [0.29, 0.717) is 25.7 Å². The van der Waals surface area contributed by atoms with Crippen LogP contribution in [0.4, 0.5) is 13.2 Å². The topological polar surface area (TPSA) is 92.2 Å². The summed E-state index contributed by atoms with van der Waals surface area (Å²) in [5, 5.41) is 10.6. The van der Waals surface area contributed by atoms with Gasteiger partial charge in [-0.2, -0.15) is 13.2 Å². The molecule has 1 aromatic rings. The molecule has 1 heterocycles. The van der Waals surface area contributed by atoms with Gasteiger partial charge in [0.2, 0.25) is 0 Å². The summed E-state index contributed by atoms with van der Waals surface area (Å²) in [6.07, 6.45) is -0.627. The Bertz CT molecular complexity index is 554. The minimum absolute atomic E-state index is 0.350. The number of carbonyl (C=O) groups is 2. The summed E-state index contributed by atoms with van der Waals surface area (Å²) in [4.78, 5) is 29.5. The number of carboxylic acid groups (broad SMARTS) is 1. The van der Waals surface area contributed by atoms with Crippen molar-refractivity contribution in [1.29, 1.82) is 0 Å². The van der Waals surface area contributed by atoms with E-state index in [1.165, 1.54) is 0 Å². The van der Waals surface area contributed by atoms with Crippen molar-refractivity contribution in [2.45, 2.75) is 37.9 Å². The van der Waals surface area contributed by atoms with Crippen LogP contribution < -0.4 is 5.32 Å². The Balaban J connectivity index is 2.11. The highest BCUT2D eigenvalue weighted by molar-refractivity contribution is 5.93. The molecule has 1 amide bonds. The van der Waals surface area contributed by atoms with Crippen molar-refractivity contribution in [3.63, 3.8) is 0 Å². The number of carbonyl (C=O) groups excluding carboxylic acids is 1. The Hall–Kier alpha value is -2.19. The lowest BCUT2D eigenvalue weighted by Gasteiger charge is -2.26. The molecule has 1 aliphatic rings. The Kier molecular flexibility index (Phi) is 4.62. The van der Waals surface area contributed by atoms with Gasteiger partial charge in [-0.15, -0.1) is 0 Å². The largest absolute Gasteiger partial charge is 0.476 e. The number of alkyl halides is 3. The molecule has 1 atom stereocenters. The fourth-order valence-corrected chi connectivity index (χ4v) is 2.53. The minimum atomic E-state index is -4.54. The quantitative estimate of drug-likeness (QED) is 0.886. The Labute approximate surface area is 123 Å². The second-order valence-corrected chi connectivity index (χ2v) is 5.13. The maximum atomic E-state index is 13.1. The fraction of sp³-hybridized carbons (Fsp3) is 0.538. The zero-order valence-corrected chi connectivity index (χ0v) is 11.4. The van der Waals surface area contributed by atoms with Crippen molar-refractivity contribution in [3.05, 3.63) is 23.8 Å². The van der Waals surface area contributed by atoms with Crippen LogP contribution in [0.25, 0.3) is 0 Å². The maximum absolute atomic E-state index is 13.1. The van der Waals surface area contributed by atoms with E-state index >= 15 is 0 Å². The van der Waals surface area contributed by atoms with Crippen LogP contribution in [0.1, 0.15) is 46.7 Å². The van der Waals surface area contributed by atoms with Crippen LogP contribution in [0.3, 0.4) is 0 Å². The van der Waals surface area contributed by atoms with Gasteiger partial charge < -0.3 is 10.4 Å². The Morgan fingerprint density at radius 2 is 1.73 bits per heavy atom. The molecule has 0 aromatic carbocycles. The molecule has 120 valence electrons. The lowest BCUT2D eigenvalue weighted by molar-refractivity contribution is -0.164. The molecule has 2 rings (SSSR count). The summed E-state index contributed by atoms with van der Waals surface area (Å²) in [5.74, 6) is -2.99. The van der Waals surface area contributed by atoms with Gasteiger partial charge in [0.15, 0.2) is 5.69 Å². The first kappa shape index (κ1) is 16.2. The first-order valence-electron chi connectivity index (χ1n) is 6.72. The number of amides is 1. The van der Waals surface area contributed by atoms with Gasteiger partial charge in [0, 0.05) is 0 Å². The van der Waals surface area contributed by atoms with E-state index in [9.17, 15) is 22.8 Å². The number of rotatable bonds is 4. The van der Waals surface area contributed by atoms with E-state index in [2.05, 4.69) is 9.97 Å². The predicted octanol–water partition coefficient (Wildman–Crippen LogP) is 2.03. The molecule has 0 radical (unpaired) electrons. The molecule has 0 saturated heterocycles. The van der Waals surface area contributed by atoms with Gasteiger partial charge in [-0.1, -0.05) is 12.8 Å². The maximum Gasteiger partial charge on any atom is 0.408 e. The summed E-state index contributed by atoms with van der Waals surface area (Å²) < 4.78 is 39.3. The molecule has 1 aromatic heterocycles. The number of nitrogens with zero attached hydrogens (tertiary/aromatic N) is 2. The molecule has 0 aliphatic heterocycles. The smallest absolute Gasteiger partial charge is 0.408 e. The highest BCUT2D eigenvalue weighted by Gasteiger charge is 2.46. The second kappa shape index (κ2) is 6.29. The van der Waals surface area contributed by atoms with Gasteiger partial charge >= 0.3 is 12.1 Å². The van der Waals surface area contributed by atoms with Crippen molar-refractivity contribution in [2.75, 3.05) is 0 Å². The van der Waals surface area contributed by atoms with E-state index in [-0.39, 0.29) is 11.4 Å². The second-order valence-electron chi connectivity index (χ2n) is 5.13. The van der Waals surface area contributed by atoms with Crippen molar-refractivity contribution in [1.82, 2.24) is 15.3 Å². The minimum Gasteiger partial charge on any atom is -0.476 e. The molecule has 9 heteroatoms. The number of hydrogen-bond donors (Lipinski definition) is 2. The van der Waals surface area contributed by atoms with Gasteiger partial charge in [0.05, 0.1) is 12.4 Å². The molecule has 1 aliphatic carbocycles. The van der Waals surface area contributed by atoms with Crippen molar-refractivity contribution in [3.8, 4) is 0 Å². The molecule has 1 fully saturated rings. The lowest BCUT2D eigenvalue weighted by atomic mass is 9.97. The summed E-state index contributed by atoms with van der Waals surface area (Å²) in [5.41, 5.74) is -0.739. The Morgan fingerprint density at radius 3 is 2.18 bits per heavy atom. The third-order valence-corrected chi connectivity index (χ3v) is 3.61. The summed E-state index contributed by atoms with van der Waals surface area (Å²) in [6.45, 7) is 0. The average Bonchev–Trinajstić information content (AvgIpc) is 2.97. The van der Waals surface area contributed by atoms with E-state index < -0.39 is 30.0 Å².